The highest BCUT2D eigenvalue weighted by Crippen LogP contribution is 2.30. The summed E-state index contributed by atoms with van der Waals surface area (Å²) in [6.07, 6.45) is 0.0919. The molecule has 0 unspecified atom stereocenters. The fraction of sp³-hybridized carbons (Fsp3) is 0.0588. The van der Waals surface area contributed by atoms with Crippen LogP contribution < -0.4 is 5.32 Å². The Labute approximate surface area is 152 Å². The van der Waals surface area contributed by atoms with Crippen LogP contribution in [0.3, 0.4) is 0 Å². The minimum atomic E-state index is -0.457. The lowest BCUT2D eigenvalue weighted by atomic mass is 10.2. The second-order valence-electron chi connectivity index (χ2n) is 4.97. The number of nitrogens with zero attached hydrogens (tertiary/aromatic N) is 1. The van der Waals surface area contributed by atoms with Gasteiger partial charge in [-0.3, -0.25) is 4.79 Å². The van der Waals surface area contributed by atoms with Gasteiger partial charge in [0.05, 0.1) is 27.8 Å². The third-order valence-electron chi connectivity index (χ3n) is 3.20. The Morgan fingerprint density at radius 2 is 1.96 bits per heavy atom. The van der Waals surface area contributed by atoms with Crippen LogP contribution in [0, 0.1) is 5.82 Å². The molecular formula is C17H11Cl2FN2OS. The summed E-state index contributed by atoms with van der Waals surface area (Å²) >= 11 is 13.5. The third-order valence-corrected chi connectivity index (χ3v) is 4.77. The van der Waals surface area contributed by atoms with Crippen LogP contribution in [0.4, 0.5) is 10.1 Å². The summed E-state index contributed by atoms with van der Waals surface area (Å²) in [5.74, 6) is -0.735. The maximum atomic E-state index is 13.0. The molecule has 1 aromatic heterocycles. The minimum Gasteiger partial charge on any atom is -0.324 e. The first kappa shape index (κ1) is 16.9. The van der Waals surface area contributed by atoms with E-state index in [1.54, 1.807) is 6.07 Å². The van der Waals surface area contributed by atoms with Crippen molar-refractivity contribution in [3.63, 3.8) is 0 Å². The zero-order valence-electron chi connectivity index (χ0n) is 12.2. The zero-order chi connectivity index (χ0) is 17.1. The van der Waals surface area contributed by atoms with Crippen molar-refractivity contribution in [1.29, 1.82) is 0 Å². The third kappa shape index (κ3) is 3.93. The second kappa shape index (κ2) is 7.30. The average Bonchev–Trinajstić information content (AvgIpc) is 2.99. The number of aromatic nitrogens is 1. The van der Waals surface area contributed by atoms with E-state index in [2.05, 4.69) is 10.3 Å². The smallest absolute Gasteiger partial charge is 0.230 e. The van der Waals surface area contributed by atoms with E-state index in [0.717, 1.165) is 16.6 Å². The molecule has 24 heavy (non-hydrogen) atoms. The molecule has 0 bridgehead atoms. The van der Waals surface area contributed by atoms with Crippen LogP contribution in [0.1, 0.15) is 5.69 Å². The Kier molecular flexibility index (Phi) is 5.14. The van der Waals surface area contributed by atoms with Crippen LogP contribution in [-0.4, -0.2) is 10.9 Å². The SMILES string of the molecule is O=C(Cc1csc(-c2ccccc2Cl)n1)Nc1ccc(F)cc1Cl. The van der Waals surface area contributed by atoms with Crippen LogP contribution in [0.2, 0.25) is 10.0 Å². The van der Waals surface area contributed by atoms with Crippen LogP contribution >= 0.6 is 34.5 Å². The van der Waals surface area contributed by atoms with Gasteiger partial charge in [0.15, 0.2) is 0 Å². The molecule has 1 N–H and O–H groups in total. The van der Waals surface area contributed by atoms with E-state index in [9.17, 15) is 9.18 Å². The Balaban J connectivity index is 1.70. The standard InChI is InChI=1S/C17H11Cl2FN2OS/c18-13-4-2-1-3-12(13)17-21-11(9-24-17)8-16(23)22-15-6-5-10(20)7-14(15)19/h1-7,9H,8H2,(H,22,23). The largest absolute Gasteiger partial charge is 0.324 e. The van der Waals surface area contributed by atoms with E-state index in [0.29, 0.717) is 16.4 Å². The summed E-state index contributed by atoms with van der Waals surface area (Å²) in [6.45, 7) is 0. The van der Waals surface area contributed by atoms with Crippen LogP contribution in [0.15, 0.2) is 47.8 Å². The number of halogens is 3. The van der Waals surface area contributed by atoms with Gasteiger partial charge in [0.1, 0.15) is 10.8 Å². The number of thiazole rings is 1. The molecule has 1 amide bonds. The van der Waals surface area contributed by atoms with Gasteiger partial charge >= 0.3 is 0 Å². The molecule has 0 saturated carbocycles. The molecule has 0 aliphatic carbocycles. The summed E-state index contributed by atoms with van der Waals surface area (Å²) in [4.78, 5) is 16.5. The van der Waals surface area contributed by atoms with Gasteiger partial charge < -0.3 is 5.32 Å². The fourth-order valence-corrected chi connectivity index (χ4v) is 3.45. The molecule has 7 heteroatoms. The molecule has 0 fully saturated rings. The molecule has 3 rings (SSSR count). The van der Waals surface area contributed by atoms with Gasteiger partial charge in [-0.2, -0.15) is 0 Å². The Bertz CT molecular complexity index is 898. The Hall–Kier alpha value is -1.95. The molecule has 0 radical (unpaired) electrons. The van der Waals surface area contributed by atoms with Crippen LogP contribution in [0.5, 0.6) is 0 Å². The number of anilines is 1. The second-order valence-corrected chi connectivity index (χ2v) is 6.65. The first-order valence-corrected chi connectivity index (χ1v) is 8.60. The monoisotopic (exact) mass is 380 g/mol. The van der Waals surface area contributed by atoms with Crippen molar-refractivity contribution >= 4 is 46.1 Å². The van der Waals surface area contributed by atoms with E-state index in [1.165, 1.54) is 23.5 Å². The summed E-state index contributed by atoms with van der Waals surface area (Å²) in [7, 11) is 0. The number of amides is 1. The predicted octanol–water partition coefficient (Wildman–Crippen LogP) is 5.44. The number of nitrogens with one attached hydrogen (secondary N) is 1. The zero-order valence-corrected chi connectivity index (χ0v) is 14.6. The maximum absolute atomic E-state index is 13.0. The van der Waals surface area contributed by atoms with Gasteiger partial charge in [0.25, 0.3) is 0 Å². The molecule has 0 aliphatic rings. The lowest BCUT2D eigenvalue weighted by molar-refractivity contribution is -0.115. The van der Waals surface area contributed by atoms with E-state index in [-0.39, 0.29) is 17.4 Å². The molecule has 3 nitrogen and oxygen atoms in total. The average molecular weight is 381 g/mol. The number of carbonyl (C=O) groups is 1. The number of carbonyl (C=O) groups excluding carboxylic acids is 1. The highest BCUT2D eigenvalue weighted by atomic mass is 35.5. The van der Waals surface area contributed by atoms with E-state index >= 15 is 0 Å². The summed E-state index contributed by atoms with van der Waals surface area (Å²) < 4.78 is 13.0. The molecule has 1 heterocycles. The number of hydrogen-bond donors (Lipinski definition) is 1. The number of rotatable bonds is 4. The first-order chi connectivity index (χ1) is 11.5. The molecule has 0 atom stereocenters. The molecule has 0 aliphatic heterocycles. The van der Waals surface area contributed by atoms with Gasteiger partial charge in [0, 0.05) is 10.9 Å². The summed E-state index contributed by atoms with van der Waals surface area (Å²) in [5.41, 5.74) is 1.83. The minimum absolute atomic E-state index is 0.0919. The molecular weight excluding hydrogens is 370 g/mol. The van der Waals surface area contributed by atoms with E-state index < -0.39 is 5.82 Å². The van der Waals surface area contributed by atoms with Crippen LogP contribution in [0.25, 0.3) is 10.6 Å². The number of hydrogen-bond acceptors (Lipinski definition) is 3. The summed E-state index contributed by atoms with van der Waals surface area (Å²) in [6, 6.07) is 11.2. The van der Waals surface area contributed by atoms with Gasteiger partial charge in [-0.15, -0.1) is 11.3 Å². The van der Waals surface area contributed by atoms with Crippen molar-refractivity contribution in [1.82, 2.24) is 4.98 Å². The Morgan fingerprint density at radius 1 is 1.17 bits per heavy atom. The Morgan fingerprint density at radius 3 is 2.71 bits per heavy atom. The quantitative estimate of drug-likeness (QED) is 0.654. The van der Waals surface area contributed by atoms with E-state index in [1.807, 2.05) is 23.6 Å². The highest BCUT2D eigenvalue weighted by Gasteiger charge is 2.12. The highest BCUT2D eigenvalue weighted by molar-refractivity contribution is 7.13. The van der Waals surface area contributed by atoms with Crippen molar-refractivity contribution in [2.45, 2.75) is 6.42 Å². The van der Waals surface area contributed by atoms with Crippen molar-refractivity contribution in [2.24, 2.45) is 0 Å². The number of benzene rings is 2. The molecule has 3 aromatic rings. The van der Waals surface area contributed by atoms with Crippen molar-refractivity contribution in [2.75, 3.05) is 5.32 Å². The lowest BCUT2D eigenvalue weighted by Crippen LogP contribution is -2.14. The van der Waals surface area contributed by atoms with E-state index in [4.69, 9.17) is 23.2 Å². The van der Waals surface area contributed by atoms with Gasteiger partial charge in [-0.25, -0.2) is 9.37 Å². The van der Waals surface area contributed by atoms with Crippen molar-refractivity contribution in [3.05, 3.63) is 69.4 Å². The van der Waals surface area contributed by atoms with Gasteiger partial charge in [-0.05, 0) is 24.3 Å². The van der Waals surface area contributed by atoms with Crippen molar-refractivity contribution < 1.29 is 9.18 Å². The topological polar surface area (TPSA) is 42.0 Å². The van der Waals surface area contributed by atoms with Crippen molar-refractivity contribution in [3.8, 4) is 10.6 Å². The molecule has 0 saturated heterocycles. The van der Waals surface area contributed by atoms with Crippen LogP contribution in [-0.2, 0) is 11.2 Å². The molecule has 122 valence electrons. The van der Waals surface area contributed by atoms with Gasteiger partial charge in [-0.1, -0.05) is 41.4 Å². The maximum Gasteiger partial charge on any atom is 0.230 e. The van der Waals surface area contributed by atoms with Gasteiger partial charge in [0.2, 0.25) is 5.91 Å². The molecule has 2 aromatic carbocycles. The lowest BCUT2D eigenvalue weighted by Gasteiger charge is -2.06. The predicted molar refractivity (Wildman–Crippen MR) is 96.3 cm³/mol. The first-order valence-electron chi connectivity index (χ1n) is 6.97. The molecule has 0 spiro atoms. The summed E-state index contributed by atoms with van der Waals surface area (Å²) in [5, 5.41) is 5.97. The fourth-order valence-electron chi connectivity index (χ4n) is 2.10. The normalized spacial score (nSPS) is 10.6.